The van der Waals surface area contributed by atoms with Gasteiger partial charge in [-0.1, -0.05) is 24.3 Å². The van der Waals surface area contributed by atoms with E-state index in [1.165, 1.54) is 21.6 Å². The molecule has 1 aliphatic carbocycles. The highest BCUT2D eigenvalue weighted by Gasteiger charge is 2.36. The summed E-state index contributed by atoms with van der Waals surface area (Å²) >= 11 is 1.78. The summed E-state index contributed by atoms with van der Waals surface area (Å²) in [5.41, 5.74) is 10.4. The Bertz CT molecular complexity index is 529. The molecule has 0 aliphatic heterocycles. The van der Waals surface area contributed by atoms with Crippen LogP contribution in [-0.2, 0) is 12.0 Å². The van der Waals surface area contributed by atoms with Crippen LogP contribution in [0.1, 0.15) is 28.0 Å². The van der Waals surface area contributed by atoms with Crippen LogP contribution in [-0.4, -0.2) is 0 Å². The van der Waals surface area contributed by atoms with Crippen molar-refractivity contribution in [2.24, 2.45) is 5.73 Å². The summed E-state index contributed by atoms with van der Waals surface area (Å²) < 4.78 is 0. The predicted molar refractivity (Wildman–Crippen MR) is 68.8 cm³/mol. The molecule has 1 aromatic heterocycles. The van der Waals surface area contributed by atoms with Crippen LogP contribution in [0.3, 0.4) is 0 Å². The van der Waals surface area contributed by atoms with Gasteiger partial charge < -0.3 is 5.73 Å². The predicted octanol–water partition coefficient (Wildman–Crippen LogP) is 3.21. The Morgan fingerprint density at radius 1 is 1.31 bits per heavy atom. The van der Waals surface area contributed by atoms with Gasteiger partial charge in [-0.2, -0.15) is 0 Å². The third kappa shape index (κ3) is 1.34. The monoisotopic (exact) mass is 229 g/mol. The normalized spacial score (nSPS) is 23.4. The van der Waals surface area contributed by atoms with Crippen molar-refractivity contribution in [2.45, 2.75) is 25.3 Å². The maximum absolute atomic E-state index is 6.61. The molecule has 0 spiro atoms. The van der Waals surface area contributed by atoms with E-state index in [4.69, 9.17) is 5.73 Å². The van der Waals surface area contributed by atoms with E-state index in [1.807, 2.05) is 0 Å². The van der Waals surface area contributed by atoms with Gasteiger partial charge in [0.05, 0.1) is 5.54 Å². The van der Waals surface area contributed by atoms with E-state index >= 15 is 0 Å². The summed E-state index contributed by atoms with van der Waals surface area (Å²) in [6.45, 7) is 2.14. The van der Waals surface area contributed by atoms with E-state index < -0.39 is 0 Å². The second-order valence-corrected chi connectivity index (χ2v) is 5.69. The van der Waals surface area contributed by atoms with Crippen LogP contribution in [0.4, 0.5) is 0 Å². The fourth-order valence-corrected chi connectivity index (χ4v) is 3.40. The summed E-state index contributed by atoms with van der Waals surface area (Å²) in [6.07, 6.45) is 2.13. The zero-order valence-electron chi connectivity index (χ0n) is 9.36. The third-order valence-electron chi connectivity index (χ3n) is 3.53. The van der Waals surface area contributed by atoms with Crippen LogP contribution in [0.25, 0.3) is 0 Å². The first-order valence-corrected chi connectivity index (χ1v) is 6.51. The average Bonchev–Trinajstić information content (AvgIpc) is 2.86. The van der Waals surface area contributed by atoms with Crippen LogP contribution >= 0.6 is 11.3 Å². The molecule has 2 aromatic rings. The Labute approximate surface area is 99.9 Å². The molecule has 82 valence electrons. The lowest BCUT2D eigenvalue weighted by molar-refractivity contribution is 0.536. The van der Waals surface area contributed by atoms with Crippen LogP contribution in [0.5, 0.6) is 0 Å². The van der Waals surface area contributed by atoms with Crippen LogP contribution in [0.2, 0.25) is 0 Å². The third-order valence-corrected chi connectivity index (χ3v) is 4.39. The molecule has 0 saturated carbocycles. The summed E-state index contributed by atoms with van der Waals surface area (Å²) in [5, 5.41) is 2.21. The van der Waals surface area contributed by atoms with Crippen LogP contribution in [0.15, 0.2) is 35.7 Å². The number of hydrogen-bond donors (Lipinski definition) is 1. The molecular weight excluding hydrogens is 214 g/mol. The smallest absolute Gasteiger partial charge is 0.0679 e. The Morgan fingerprint density at radius 2 is 2.12 bits per heavy atom. The minimum atomic E-state index is -0.249. The molecule has 0 fully saturated rings. The first kappa shape index (κ1) is 10.1. The van der Waals surface area contributed by atoms with Gasteiger partial charge in [0.25, 0.3) is 0 Å². The largest absolute Gasteiger partial charge is 0.318 e. The van der Waals surface area contributed by atoms with E-state index in [-0.39, 0.29) is 5.54 Å². The van der Waals surface area contributed by atoms with Gasteiger partial charge in [0, 0.05) is 4.88 Å². The topological polar surface area (TPSA) is 26.0 Å². The number of fused-ring (bicyclic) bond motifs is 1. The Balaban J connectivity index is 2.14. The van der Waals surface area contributed by atoms with Crippen LogP contribution < -0.4 is 5.73 Å². The Hall–Kier alpha value is -1.12. The second-order valence-electron chi connectivity index (χ2n) is 4.57. The molecule has 1 heterocycles. The van der Waals surface area contributed by atoms with E-state index in [0.717, 1.165) is 12.8 Å². The average molecular weight is 229 g/mol. The zero-order valence-corrected chi connectivity index (χ0v) is 10.2. The molecule has 0 radical (unpaired) electrons. The Kier molecular flexibility index (Phi) is 2.16. The van der Waals surface area contributed by atoms with Crippen molar-refractivity contribution < 1.29 is 0 Å². The standard InChI is InChI=1S/C14H15NS/c1-10-8-12(9-16-10)14(15)7-6-11-4-2-3-5-13(11)14/h2-5,8-9H,6-7,15H2,1H3. The van der Waals surface area contributed by atoms with Gasteiger partial charge in [-0.15, -0.1) is 11.3 Å². The zero-order chi connectivity index (χ0) is 11.2. The van der Waals surface area contributed by atoms with Crippen molar-refractivity contribution in [3.05, 3.63) is 57.3 Å². The van der Waals surface area contributed by atoms with Gasteiger partial charge in [-0.25, -0.2) is 0 Å². The van der Waals surface area contributed by atoms with Crippen molar-refractivity contribution in [3.8, 4) is 0 Å². The van der Waals surface area contributed by atoms with Crippen molar-refractivity contribution in [1.29, 1.82) is 0 Å². The van der Waals surface area contributed by atoms with Crippen molar-refractivity contribution in [2.75, 3.05) is 0 Å². The highest BCUT2D eigenvalue weighted by atomic mass is 32.1. The molecule has 0 bridgehead atoms. The summed E-state index contributed by atoms with van der Waals surface area (Å²) in [5.74, 6) is 0. The fraction of sp³-hybridized carbons (Fsp3) is 0.286. The molecule has 0 saturated heterocycles. The number of aryl methyl sites for hydroxylation is 2. The molecule has 1 nitrogen and oxygen atoms in total. The lowest BCUT2D eigenvalue weighted by Crippen LogP contribution is -2.34. The summed E-state index contributed by atoms with van der Waals surface area (Å²) in [4.78, 5) is 1.34. The second kappa shape index (κ2) is 3.44. The number of hydrogen-bond acceptors (Lipinski definition) is 2. The highest BCUT2D eigenvalue weighted by Crippen LogP contribution is 2.41. The number of benzene rings is 1. The minimum absolute atomic E-state index is 0.249. The molecule has 16 heavy (non-hydrogen) atoms. The van der Waals surface area contributed by atoms with Crippen LogP contribution in [0, 0.1) is 6.92 Å². The van der Waals surface area contributed by atoms with Crippen molar-refractivity contribution in [3.63, 3.8) is 0 Å². The number of nitrogens with two attached hydrogens (primary N) is 1. The van der Waals surface area contributed by atoms with Gasteiger partial charge in [0.2, 0.25) is 0 Å². The molecule has 2 N–H and O–H groups in total. The number of thiophene rings is 1. The van der Waals surface area contributed by atoms with Gasteiger partial charge in [0.1, 0.15) is 0 Å². The first-order chi connectivity index (χ1) is 7.70. The Morgan fingerprint density at radius 3 is 2.88 bits per heavy atom. The van der Waals surface area contributed by atoms with E-state index in [1.54, 1.807) is 11.3 Å². The molecular formula is C14H15NS. The molecule has 3 rings (SSSR count). The van der Waals surface area contributed by atoms with Gasteiger partial charge in [-0.3, -0.25) is 0 Å². The van der Waals surface area contributed by atoms with Gasteiger partial charge >= 0.3 is 0 Å². The molecule has 1 aliphatic rings. The lowest BCUT2D eigenvalue weighted by Gasteiger charge is -2.24. The van der Waals surface area contributed by atoms with E-state index in [0.29, 0.717) is 0 Å². The fourth-order valence-electron chi connectivity index (χ4n) is 2.62. The molecule has 1 unspecified atom stereocenters. The molecule has 1 aromatic carbocycles. The van der Waals surface area contributed by atoms with Gasteiger partial charge in [0.15, 0.2) is 0 Å². The molecule has 2 heteroatoms. The minimum Gasteiger partial charge on any atom is -0.318 e. The lowest BCUT2D eigenvalue weighted by atomic mass is 9.87. The van der Waals surface area contributed by atoms with Crippen molar-refractivity contribution in [1.82, 2.24) is 0 Å². The first-order valence-electron chi connectivity index (χ1n) is 5.63. The quantitative estimate of drug-likeness (QED) is 0.798. The SMILES string of the molecule is Cc1cc(C2(N)CCc3ccccc32)cs1. The maximum Gasteiger partial charge on any atom is 0.0679 e. The molecule has 0 amide bonds. The highest BCUT2D eigenvalue weighted by molar-refractivity contribution is 7.10. The van der Waals surface area contributed by atoms with E-state index in [9.17, 15) is 0 Å². The number of rotatable bonds is 1. The summed E-state index contributed by atoms with van der Waals surface area (Å²) in [7, 11) is 0. The molecule has 1 atom stereocenters. The maximum atomic E-state index is 6.61. The van der Waals surface area contributed by atoms with Gasteiger partial charge in [-0.05, 0) is 47.9 Å². The van der Waals surface area contributed by atoms with E-state index in [2.05, 4.69) is 42.6 Å². The van der Waals surface area contributed by atoms with Crippen molar-refractivity contribution >= 4 is 11.3 Å². The summed E-state index contributed by atoms with van der Waals surface area (Å²) in [6, 6.07) is 10.8.